The van der Waals surface area contributed by atoms with Gasteiger partial charge < -0.3 is 23.9 Å². The number of hydrogen-bond acceptors (Lipinski definition) is 8. The first-order valence-corrected chi connectivity index (χ1v) is 13.3. The lowest BCUT2D eigenvalue weighted by molar-refractivity contribution is 0.0526. The molecule has 2 aromatic heterocycles. The highest BCUT2D eigenvalue weighted by molar-refractivity contribution is 7.16. The molecule has 0 radical (unpaired) electrons. The molecule has 1 aliphatic carbocycles. The third-order valence-corrected chi connectivity index (χ3v) is 7.57. The Morgan fingerprint density at radius 2 is 1.74 bits per heavy atom. The molecule has 0 bridgehead atoms. The standard InChI is InChI=1S/C29H28N2O6S/c1-4-36-29(33)25-21-7-5-6-8-24(21)38-28(25)31-27-22(16-17-15-20(35-3)13-14-23(17)37-27)26(32)30-18-9-11-19(34-2)12-10-18/h9-16H,4-8H2,1-3H3,(H,30,32)/b31-27-. The third-order valence-electron chi connectivity index (χ3n) is 6.38. The zero-order chi connectivity index (χ0) is 26.6. The minimum Gasteiger partial charge on any atom is -0.497 e. The summed E-state index contributed by atoms with van der Waals surface area (Å²) in [7, 11) is 3.16. The number of nitrogens with one attached hydrogen (secondary N) is 1. The SMILES string of the molecule is CCOC(=O)c1c(/N=c2\oc3ccc(OC)cc3cc2C(=O)Nc2ccc(OC)cc2)sc2c1CCCC2. The second-order valence-electron chi connectivity index (χ2n) is 8.77. The van der Waals surface area contributed by atoms with E-state index in [-0.39, 0.29) is 17.7 Å². The van der Waals surface area contributed by atoms with Crippen LogP contribution < -0.4 is 20.3 Å². The summed E-state index contributed by atoms with van der Waals surface area (Å²) in [5.74, 6) is 0.510. The minimum absolute atomic E-state index is 0.109. The van der Waals surface area contributed by atoms with Crippen molar-refractivity contribution in [3.05, 3.63) is 75.7 Å². The Labute approximate surface area is 223 Å². The summed E-state index contributed by atoms with van der Waals surface area (Å²) in [4.78, 5) is 32.4. The molecule has 0 saturated carbocycles. The average Bonchev–Trinajstić information content (AvgIpc) is 3.30. The number of benzene rings is 2. The van der Waals surface area contributed by atoms with Gasteiger partial charge in [-0.15, -0.1) is 11.3 Å². The van der Waals surface area contributed by atoms with E-state index >= 15 is 0 Å². The Balaban J connectivity index is 1.66. The number of nitrogens with zero attached hydrogens (tertiary/aromatic N) is 1. The smallest absolute Gasteiger partial charge is 0.341 e. The molecule has 5 rings (SSSR count). The molecule has 2 aromatic carbocycles. The molecule has 4 aromatic rings. The molecule has 1 aliphatic rings. The molecule has 0 fully saturated rings. The number of hydrogen-bond donors (Lipinski definition) is 1. The van der Waals surface area contributed by atoms with Gasteiger partial charge in [0.15, 0.2) is 0 Å². The first-order valence-electron chi connectivity index (χ1n) is 12.4. The minimum atomic E-state index is -0.402. The van der Waals surface area contributed by atoms with Crippen LogP contribution in [0.25, 0.3) is 11.0 Å². The number of thiophene rings is 1. The molecule has 2 heterocycles. The van der Waals surface area contributed by atoms with Crippen molar-refractivity contribution in [1.29, 1.82) is 0 Å². The number of amides is 1. The summed E-state index contributed by atoms with van der Waals surface area (Å²) in [5.41, 5.74) is 2.92. The summed E-state index contributed by atoms with van der Waals surface area (Å²) in [6, 6.07) is 14.1. The van der Waals surface area contributed by atoms with Crippen molar-refractivity contribution in [2.24, 2.45) is 4.99 Å². The van der Waals surface area contributed by atoms with E-state index in [1.54, 1.807) is 69.7 Å². The van der Waals surface area contributed by atoms with Crippen LogP contribution in [-0.2, 0) is 17.6 Å². The number of carbonyl (C=O) groups is 2. The molecule has 1 N–H and O–H groups in total. The maximum atomic E-state index is 13.5. The van der Waals surface area contributed by atoms with Gasteiger partial charge in [0.1, 0.15) is 27.6 Å². The van der Waals surface area contributed by atoms with Gasteiger partial charge in [-0.25, -0.2) is 9.79 Å². The number of carbonyl (C=O) groups excluding carboxylic acids is 2. The first kappa shape index (κ1) is 25.5. The number of fused-ring (bicyclic) bond motifs is 2. The Morgan fingerprint density at radius 3 is 2.47 bits per heavy atom. The Hall–Kier alpha value is -4.11. The predicted molar refractivity (Wildman–Crippen MR) is 146 cm³/mol. The molecular formula is C29H28N2O6S. The van der Waals surface area contributed by atoms with Crippen molar-refractivity contribution in [3.63, 3.8) is 0 Å². The molecule has 1 amide bonds. The number of esters is 1. The fourth-order valence-electron chi connectivity index (χ4n) is 4.49. The lowest BCUT2D eigenvalue weighted by Gasteiger charge is -2.11. The summed E-state index contributed by atoms with van der Waals surface area (Å²) in [5, 5.41) is 4.07. The molecule has 0 saturated heterocycles. The van der Waals surface area contributed by atoms with Crippen molar-refractivity contribution < 1.29 is 28.2 Å². The summed E-state index contributed by atoms with van der Waals surface area (Å²) < 4.78 is 22.1. The van der Waals surface area contributed by atoms with Crippen molar-refractivity contribution in [2.45, 2.75) is 32.6 Å². The van der Waals surface area contributed by atoms with Gasteiger partial charge in [0.25, 0.3) is 5.91 Å². The maximum Gasteiger partial charge on any atom is 0.341 e. The van der Waals surface area contributed by atoms with Gasteiger partial charge >= 0.3 is 5.97 Å². The second kappa shape index (κ2) is 11.1. The highest BCUT2D eigenvalue weighted by Crippen LogP contribution is 2.40. The van der Waals surface area contributed by atoms with Crippen LogP contribution in [0, 0.1) is 0 Å². The topological polar surface area (TPSA) is 99.4 Å². The van der Waals surface area contributed by atoms with Crippen molar-refractivity contribution in [2.75, 3.05) is 26.1 Å². The van der Waals surface area contributed by atoms with Crippen molar-refractivity contribution >= 4 is 44.9 Å². The Morgan fingerprint density at radius 1 is 1.00 bits per heavy atom. The fourth-order valence-corrected chi connectivity index (χ4v) is 5.73. The van der Waals surface area contributed by atoms with Crippen LogP contribution in [0.3, 0.4) is 0 Å². The number of methoxy groups -OCH3 is 2. The summed E-state index contributed by atoms with van der Waals surface area (Å²) >= 11 is 1.46. The molecule has 8 nitrogen and oxygen atoms in total. The van der Waals surface area contributed by atoms with Crippen LogP contribution >= 0.6 is 11.3 Å². The number of anilines is 1. The zero-order valence-corrected chi connectivity index (χ0v) is 22.3. The third kappa shape index (κ3) is 5.15. The van der Waals surface area contributed by atoms with Gasteiger partial charge in [-0.05, 0) is 86.7 Å². The summed E-state index contributed by atoms with van der Waals surface area (Å²) in [6.07, 6.45) is 3.76. The number of ether oxygens (including phenoxy) is 3. The first-order chi connectivity index (χ1) is 18.5. The van der Waals surface area contributed by atoms with Gasteiger partial charge in [-0.1, -0.05) is 0 Å². The fraction of sp³-hybridized carbons (Fsp3) is 0.276. The van der Waals surface area contributed by atoms with Gasteiger partial charge in [0.2, 0.25) is 5.55 Å². The van der Waals surface area contributed by atoms with Crippen LogP contribution in [0.4, 0.5) is 10.7 Å². The lowest BCUT2D eigenvalue weighted by Crippen LogP contribution is -2.21. The van der Waals surface area contributed by atoms with Gasteiger partial charge in [-0.3, -0.25) is 4.79 Å². The molecule has 0 atom stereocenters. The quantitative estimate of drug-likeness (QED) is 0.291. The van der Waals surface area contributed by atoms with Crippen LogP contribution in [-0.4, -0.2) is 32.7 Å². The number of rotatable bonds is 7. The van der Waals surface area contributed by atoms with E-state index in [1.165, 1.54) is 11.3 Å². The van der Waals surface area contributed by atoms with Crippen LogP contribution in [0.15, 0.2) is 57.9 Å². The van der Waals surface area contributed by atoms with Crippen LogP contribution in [0.2, 0.25) is 0 Å². The van der Waals surface area contributed by atoms with Gasteiger partial charge in [0.05, 0.1) is 26.4 Å². The van der Waals surface area contributed by atoms with Gasteiger partial charge in [0, 0.05) is 16.0 Å². The monoisotopic (exact) mass is 532 g/mol. The predicted octanol–water partition coefficient (Wildman–Crippen LogP) is 6.05. The van der Waals surface area contributed by atoms with E-state index in [4.69, 9.17) is 23.6 Å². The molecule has 0 spiro atoms. The molecule has 9 heteroatoms. The molecule has 38 heavy (non-hydrogen) atoms. The zero-order valence-electron chi connectivity index (χ0n) is 21.5. The van der Waals surface area contributed by atoms with Crippen molar-refractivity contribution in [1.82, 2.24) is 0 Å². The van der Waals surface area contributed by atoms with E-state index < -0.39 is 11.9 Å². The largest absolute Gasteiger partial charge is 0.497 e. The van der Waals surface area contributed by atoms with Crippen LogP contribution in [0.5, 0.6) is 11.5 Å². The van der Waals surface area contributed by atoms with E-state index in [9.17, 15) is 9.59 Å². The molecule has 196 valence electrons. The molecular weight excluding hydrogens is 504 g/mol. The second-order valence-corrected chi connectivity index (χ2v) is 9.86. The normalized spacial score (nSPS) is 13.2. The Kier molecular flexibility index (Phi) is 7.46. The number of aryl methyl sites for hydroxylation is 1. The van der Waals surface area contributed by atoms with E-state index in [2.05, 4.69) is 5.32 Å². The molecule has 0 aliphatic heterocycles. The molecule has 0 unspecified atom stereocenters. The van der Waals surface area contributed by atoms with E-state index in [0.717, 1.165) is 36.1 Å². The Bertz CT molecular complexity index is 1570. The average molecular weight is 533 g/mol. The van der Waals surface area contributed by atoms with Gasteiger partial charge in [-0.2, -0.15) is 0 Å². The maximum absolute atomic E-state index is 13.5. The van der Waals surface area contributed by atoms with E-state index in [0.29, 0.717) is 38.7 Å². The lowest BCUT2D eigenvalue weighted by atomic mass is 9.95. The highest BCUT2D eigenvalue weighted by Gasteiger charge is 2.27. The van der Waals surface area contributed by atoms with Crippen LogP contribution in [0.1, 0.15) is 50.9 Å². The summed E-state index contributed by atoms with van der Waals surface area (Å²) in [6.45, 7) is 2.04. The van der Waals surface area contributed by atoms with Crippen molar-refractivity contribution in [3.8, 4) is 11.5 Å². The highest BCUT2D eigenvalue weighted by atomic mass is 32.1. The van der Waals surface area contributed by atoms with E-state index in [1.807, 2.05) is 0 Å².